The van der Waals surface area contributed by atoms with Gasteiger partial charge in [0.05, 0.1) is 11.4 Å². The van der Waals surface area contributed by atoms with E-state index < -0.39 is 5.97 Å². The van der Waals surface area contributed by atoms with Crippen molar-refractivity contribution in [2.24, 2.45) is 0 Å². The highest BCUT2D eigenvalue weighted by molar-refractivity contribution is 7.98. The molecule has 1 heterocycles. The first-order valence-electron chi connectivity index (χ1n) is 6.40. The van der Waals surface area contributed by atoms with E-state index in [9.17, 15) is 4.79 Å². The van der Waals surface area contributed by atoms with Crippen molar-refractivity contribution in [3.8, 4) is 0 Å². The summed E-state index contributed by atoms with van der Waals surface area (Å²) in [7, 11) is 0. The summed E-state index contributed by atoms with van der Waals surface area (Å²) in [5.74, 6) is 0.0371. The summed E-state index contributed by atoms with van der Waals surface area (Å²) in [6.45, 7) is 4.07. The van der Waals surface area contributed by atoms with Gasteiger partial charge in [-0.1, -0.05) is 24.3 Å². The van der Waals surface area contributed by atoms with Crippen molar-refractivity contribution in [1.82, 2.24) is 4.98 Å². The normalized spacial score (nSPS) is 10.5. The summed E-state index contributed by atoms with van der Waals surface area (Å²) in [5, 5.41) is 9.75. The minimum absolute atomic E-state index is 0.0754. The van der Waals surface area contributed by atoms with E-state index in [2.05, 4.69) is 24.0 Å². The fourth-order valence-corrected chi connectivity index (χ4v) is 2.95. The largest absolute Gasteiger partial charge is 0.481 e. The fourth-order valence-electron chi connectivity index (χ4n) is 1.96. The summed E-state index contributed by atoms with van der Waals surface area (Å²) in [6.07, 6.45) is 0.0754. The van der Waals surface area contributed by atoms with E-state index in [1.54, 1.807) is 11.8 Å². The second kappa shape index (κ2) is 6.57. The van der Waals surface area contributed by atoms with Crippen LogP contribution in [0.2, 0.25) is 0 Å². The lowest BCUT2D eigenvalue weighted by molar-refractivity contribution is -0.136. The van der Waals surface area contributed by atoms with Crippen LogP contribution in [-0.2, 0) is 17.0 Å². The van der Waals surface area contributed by atoms with E-state index in [1.807, 2.05) is 31.2 Å². The molecule has 0 bridgehead atoms. The Bertz CT molecular complexity index is 588. The van der Waals surface area contributed by atoms with E-state index >= 15 is 0 Å². The first-order chi connectivity index (χ1) is 9.52. The van der Waals surface area contributed by atoms with Crippen LogP contribution < -0.4 is 0 Å². The number of aryl methyl sites for hydroxylation is 2. The predicted octanol–water partition coefficient (Wildman–Crippen LogP) is 3.62. The van der Waals surface area contributed by atoms with Gasteiger partial charge in [0.2, 0.25) is 0 Å². The molecule has 1 aromatic heterocycles. The number of carboxylic acid groups (broad SMARTS) is 1. The molecule has 0 radical (unpaired) electrons. The highest BCUT2D eigenvalue weighted by Crippen LogP contribution is 2.22. The summed E-state index contributed by atoms with van der Waals surface area (Å²) < 4.78 is 0. The van der Waals surface area contributed by atoms with Gasteiger partial charge in [-0.05, 0) is 42.7 Å². The van der Waals surface area contributed by atoms with Crippen molar-refractivity contribution in [3.63, 3.8) is 0 Å². The Morgan fingerprint density at radius 3 is 2.40 bits per heavy atom. The molecule has 2 rings (SSSR count). The molecule has 0 spiro atoms. The standard InChI is InChI=1S/C16H17NO2S/c1-11-7-12(2)17-15(8-11)20-10-14-5-3-13(4-6-14)9-16(18)19/h3-8H,9-10H2,1-2H3,(H,18,19). The summed E-state index contributed by atoms with van der Waals surface area (Å²) >= 11 is 1.69. The average Bonchev–Trinajstić information content (AvgIpc) is 2.36. The topological polar surface area (TPSA) is 50.2 Å². The monoisotopic (exact) mass is 287 g/mol. The van der Waals surface area contributed by atoms with Crippen molar-refractivity contribution in [2.45, 2.75) is 31.0 Å². The van der Waals surface area contributed by atoms with Crippen LogP contribution in [0.4, 0.5) is 0 Å². The third-order valence-corrected chi connectivity index (χ3v) is 3.82. The van der Waals surface area contributed by atoms with Gasteiger partial charge >= 0.3 is 5.97 Å². The summed E-state index contributed by atoms with van der Waals surface area (Å²) in [5.41, 5.74) is 4.25. The van der Waals surface area contributed by atoms with Gasteiger partial charge in [-0.15, -0.1) is 11.8 Å². The van der Waals surface area contributed by atoms with Gasteiger partial charge in [-0.3, -0.25) is 4.79 Å². The Morgan fingerprint density at radius 2 is 1.80 bits per heavy atom. The van der Waals surface area contributed by atoms with Gasteiger partial charge in [0.25, 0.3) is 0 Å². The SMILES string of the molecule is Cc1cc(C)nc(SCc2ccc(CC(=O)O)cc2)c1. The van der Waals surface area contributed by atoms with E-state index in [0.717, 1.165) is 22.0 Å². The second-order valence-electron chi connectivity index (χ2n) is 4.80. The van der Waals surface area contributed by atoms with Crippen LogP contribution in [0.5, 0.6) is 0 Å². The molecule has 1 aromatic carbocycles. The highest BCUT2D eigenvalue weighted by Gasteiger charge is 2.02. The molecule has 0 aliphatic carbocycles. The third-order valence-electron chi connectivity index (χ3n) is 2.84. The van der Waals surface area contributed by atoms with E-state index in [0.29, 0.717) is 0 Å². The molecule has 0 aliphatic rings. The fraction of sp³-hybridized carbons (Fsp3) is 0.250. The molecule has 3 nitrogen and oxygen atoms in total. The Balaban J connectivity index is 1.98. The lowest BCUT2D eigenvalue weighted by atomic mass is 10.1. The molecule has 0 saturated carbocycles. The van der Waals surface area contributed by atoms with Crippen LogP contribution >= 0.6 is 11.8 Å². The van der Waals surface area contributed by atoms with Gasteiger partial charge in [-0.25, -0.2) is 4.98 Å². The lowest BCUT2D eigenvalue weighted by Gasteiger charge is -2.05. The van der Waals surface area contributed by atoms with Crippen LogP contribution in [-0.4, -0.2) is 16.1 Å². The van der Waals surface area contributed by atoms with Crippen molar-refractivity contribution in [3.05, 3.63) is 58.8 Å². The Hall–Kier alpha value is -1.81. The maximum atomic E-state index is 10.6. The maximum absolute atomic E-state index is 10.6. The number of aliphatic carboxylic acids is 1. The number of rotatable bonds is 5. The molecule has 104 valence electrons. The van der Waals surface area contributed by atoms with Crippen LogP contribution in [0.1, 0.15) is 22.4 Å². The van der Waals surface area contributed by atoms with E-state index in [-0.39, 0.29) is 6.42 Å². The quantitative estimate of drug-likeness (QED) is 0.853. The van der Waals surface area contributed by atoms with Crippen LogP contribution in [0.15, 0.2) is 41.4 Å². The summed E-state index contributed by atoms with van der Waals surface area (Å²) in [4.78, 5) is 15.1. The molecular weight excluding hydrogens is 270 g/mol. The smallest absolute Gasteiger partial charge is 0.307 e. The molecule has 1 N–H and O–H groups in total. The number of benzene rings is 1. The summed E-state index contributed by atoms with van der Waals surface area (Å²) in [6, 6.07) is 11.8. The zero-order valence-electron chi connectivity index (χ0n) is 11.6. The number of pyridine rings is 1. The molecule has 0 atom stereocenters. The molecule has 4 heteroatoms. The highest BCUT2D eigenvalue weighted by atomic mass is 32.2. The van der Waals surface area contributed by atoms with Crippen LogP contribution in [0.3, 0.4) is 0 Å². The zero-order valence-corrected chi connectivity index (χ0v) is 12.4. The van der Waals surface area contributed by atoms with Crippen molar-refractivity contribution in [1.29, 1.82) is 0 Å². The van der Waals surface area contributed by atoms with Crippen LogP contribution in [0.25, 0.3) is 0 Å². The van der Waals surface area contributed by atoms with Gasteiger partial charge in [0, 0.05) is 11.4 Å². The number of hydrogen-bond acceptors (Lipinski definition) is 3. The molecule has 2 aromatic rings. The number of nitrogens with zero attached hydrogens (tertiary/aromatic N) is 1. The maximum Gasteiger partial charge on any atom is 0.307 e. The third kappa shape index (κ3) is 4.38. The number of aromatic nitrogens is 1. The minimum atomic E-state index is -0.799. The predicted molar refractivity (Wildman–Crippen MR) is 81.1 cm³/mol. The number of hydrogen-bond donors (Lipinski definition) is 1. The molecule has 20 heavy (non-hydrogen) atoms. The molecular formula is C16H17NO2S. The van der Waals surface area contributed by atoms with Gasteiger partial charge in [-0.2, -0.15) is 0 Å². The molecule has 0 amide bonds. The van der Waals surface area contributed by atoms with Gasteiger partial charge < -0.3 is 5.11 Å². The second-order valence-corrected chi connectivity index (χ2v) is 5.80. The lowest BCUT2D eigenvalue weighted by Crippen LogP contribution is -1.99. The molecule has 0 fully saturated rings. The average molecular weight is 287 g/mol. The number of thioether (sulfide) groups is 1. The number of carbonyl (C=O) groups is 1. The minimum Gasteiger partial charge on any atom is -0.481 e. The first kappa shape index (κ1) is 14.6. The molecule has 0 aliphatic heterocycles. The van der Waals surface area contributed by atoms with Crippen LogP contribution in [0, 0.1) is 13.8 Å². The Morgan fingerprint density at radius 1 is 1.15 bits per heavy atom. The first-order valence-corrected chi connectivity index (χ1v) is 7.39. The van der Waals surface area contributed by atoms with Crippen molar-refractivity contribution in [2.75, 3.05) is 0 Å². The Labute approximate surface area is 123 Å². The number of carboxylic acids is 1. The molecule has 0 saturated heterocycles. The van der Waals surface area contributed by atoms with Gasteiger partial charge in [0.1, 0.15) is 0 Å². The zero-order chi connectivity index (χ0) is 14.5. The Kier molecular flexibility index (Phi) is 4.79. The van der Waals surface area contributed by atoms with Gasteiger partial charge in [0.15, 0.2) is 0 Å². The van der Waals surface area contributed by atoms with E-state index in [1.165, 1.54) is 11.1 Å². The van der Waals surface area contributed by atoms with E-state index in [4.69, 9.17) is 5.11 Å². The van der Waals surface area contributed by atoms with Crippen molar-refractivity contribution >= 4 is 17.7 Å². The van der Waals surface area contributed by atoms with Crippen molar-refractivity contribution < 1.29 is 9.90 Å². The molecule has 0 unspecified atom stereocenters.